The smallest absolute Gasteiger partial charge is 0.232 e. The molecule has 102 valence electrons. The Labute approximate surface area is 117 Å². The molecule has 2 aromatic rings. The molecule has 19 heavy (non-hydrogen) atoms. The number of alkyl halides is 1. The summed E-state index contributed by atoms with van der Waals surface area (Å²) >= 11 is 5.49. The molecule has 0 fully saturated rings. The monoisotopic (exact) mass is 299 g/mol. The number of nitrogens with zero attached hydrogens (tertiary/aromatic N) is 2. The maximum absolute atomic E-state index is 11.7. The van der Waals surface area contributed by atoms with Crippen LogP contribution in [0.5, 0.6) is 0 Å². The van der Waals surface area contributed by atoms with E-state index in [0.717, 1.165) is 5.69 Å². The van der Waals surface area contributed by atoms with Crippen LogP contribution in [0, 0.1) is 0 Å². The summed E-state index contributed by atoms with van der Waals surface area (Å²) in [4.78, 5) is 0. The van der Waals surface area contributed by atoms with Crippen molar-refractivity contribution in [3.8, 4) is 5.69 Å². The second-order valence-electron chi connectivity index (χ2n) is 3.96. The molecule has 0 aliphatic heterocycles. The molecule has 1 N–H and O–H groups in total. The highest BCUT2D eigenvalue weighted by Crippen LogP contribution is 2.14. The van der Waals surface area contributed by atoms with Crippen LogP contribution in [-0.2, 0) is 10.0 Å². The van der Waals surface area contributed by atoms with Crippen LogP contribution in [0.25, 0.3) is 5.69 Å². The number of benzene rings is 1. The van der Waals surface area contributed by atoms with E-state index in [1.807, 2.05) is 12.3 Å². The molecule has 0 bridgehead atoms. The Kier molecular flexibility index (Phi) is 4.44. The number of anilines is 1. The van der Waals surface area contributed by atoms with Crippen molar-refractivity contribution < 1.29 is 8.42 Å². The Bertz CT molecular complexity index is 609. The second kappa shape index (κ2) is 6.08. The number of sulfonamides is 1. The number of halogens is 1. The Morgan fingerprint density at radius 3 is 2.58 bits per heavy atom. The maximum atomic E-state index is 11.7. The minimum atomic E-state index is -3.32. The summed E-state index contributed by atoms with van der Waals surface area (Å²) in [5.74, 6) is 0.358. The van der Waals surface area contributed by atoms with Gasteiger partial charge in [-0.3, -0.25) is 4.72 Å². The van der Waals surface area contributed by atoms with E-state index in [9.17, 15) is 8.42 Å². The van der Waals surface area contributed by atoms with Crippen molar-refractivity contribution >= 4 is 27.3 Å². The lowest BCUT2D eigenvalue weighted by atomic mass is 10.3. The van der Waals surface area contributed by atoms with Crippen LogP contribution in [0.3, 0.4) is 0 Å². The van der Waals surface area contributed by atoms with Gasteiger partial charge >= 0.3 is 0 Å². The first-order chi connectivity index (χ1) is 9.11. The largest absolute Gasteiger partial charge is 0.284 e. The Morgan fingerprint density at radius 1 is 1.26 bits per heavy atom. The molecule has 0 saturated heterocycles. The fourth-order valence-corrected chi connectivity index (χ4v) is 2.99. The quantitative estimate of drug-likeness (QED) is 0.832. The van der Waals surface area contributed by atoms with E-state index < -0.39 is 10.0 Å². The molecule has 1 aromatic carbocycles. The normalized spacial score (nSPS) is 11.4. The highest BCUT2D eigenvalue weighted by Gasteiger charge is 2.09. The summed E-state index contributed by atoms with van der Waals surface area (Å²) in [6, 6.07) is 8.83. The molecule has 2 rings (SSSR count). The van der Waals surface area contributed by atoms with Gasteiger partial charge in [-0.15, -0.1) is 11.6 Å². The van der Waals surface area contributed by atoms with Crippen LogP contribution in [0.2, 0.25) is 0 Å². The summed E-state index contributed by atoms with van der Waals surface area (Å²) in [7, 11) is -3.32. The van der Waals surface area contributed by atoms with E-state index in [1.54, 1.807) is 35.1 Å². The van der Waals surface area contributed by atoms with E-state index >= 15 is 0 Å². The Balaban J connectivity index is 2.07. The van der Waals surface area contributed by atoms with E-state index in [1.165, 1.54) is 0 Å². The summed E-state index contributed by atoms with van der Waals surface area (Å²) in [5, 5.41) is 4.09. The number of hydrogen-bond acceptors (Lipinski definition) is 3. The molecule has 5 nitrogen and oxygen atoms in total. The SMILES string of the molecule is O=S(=O)(CCCCl)Nc1ccc(-n2cccn2)cc1. The summed E-state index contributed by atoms with van der Waals surface area (Å²) in [6.45, 7) is 0. The minimum Gasteiger partial charge on any atom is -0.284 e. The third-order valence-corrected chi connectivity index (χ3v) is 4.10. The van der Waals surface area contributed by atoms with Crippen molar-refractivity contribution in [3.05, 3.63) is 42.7 Å². The summed E-state index contributed by atoms with van der Waals surface area (Å²) in [6.07, 6.45) is 3.94. The third-order valence-electron chi connectivity index (χ3n) is 2.46. The van der Waals surface area contributed by atoms with Crippen LogP contribution < -0.4 is 4.72 Å². The minimum absolute atomic E-state index is 0.0252. The molecule has 0 aliphatic carbocycles. The molecule has 7 heteroatoms. The molecule has 0 amide bonds. The van der Waals surface area contributed by atoms with Crippen molar-refractivity contribution in [2.45, 2.75) is 6.42 Å². The first-order valence-electron chi connectivity index (χ1n) is 5.77. The third kappa shape index (κ3) is 3.97. The predicted molar refractivity (Wildman–Crippen MR) is 76.3 cm³/mol. The van der Waals surface area contributed by atoms with Gasteiger partial charge in [0, 0.05) is 24.0 Å². The van der Waals surface area contributed by atoms with Crippen molar-refractivity contribution in [1.82, 2.24) is 9.78 Å². The molecule has 0 radical (unpaired) electrons. The van der Waals surface area contributed by atoms with Gasteiger partial charge in [0.15, 0.2) is 0 Å². The van der Waals surface area contributed by atoms with Gasteiger partial charge in [-0.25, -0.2) is 13.1 Å². The van der Waals surface area contributed by atoms with Crippen LogP contribution >= 0.6 is 11.6 Å². The maximum Gasteiger partial charge on any atom is 0.232 e. The molecular weight excluding hydrogens is 286 g/mol. The van der Waals surface area contributed by atoms with Gasteiger partial charge < -0.3 is 0 Å². The summed E-state index contributed by atoms with van der Waals surface area (Å²) < 4.78 is 27.6. The molecule has 0 unspecified atom stereocenters. The second-order valence-corrected chi connectivity index (χ2v) is 6.18. The van der Waals surface area contributed by atoms with E-state index in [-0.39, 0.29) is 5.75 Å². The fourth-order valence-electron chi connectivity index (χ4n) is 1.58. The highest BCUT2D eigenvalue weighted by atomic mass is 35.5. The first-order valence-corrected chi connectivity index (χ1v) is 7.96. The molecule has 0 spiro atoms. The lowest BCUT2D eigenvalue weighted by Crippen LogP contribution is -2.16. The zero-order valence-corrected chi connectivity index (χ0v) is 11.7. The van der Waals surface area contributed by atoms with Crippen molar-refractivity contribution in [2.24, 2.45) is 0 Å². The molecule has 0 aliphatic rings. The molecule has 0 saturated carbocycles. The average Bonchev–Trinajstić information content (AvgIpc) is 2.91. The van der Waals surface area contributed by atoms with Gasteiger partial charge in [0.2, 0.25) is 10.0 Å². The molecule has 1 aromatic heterocycles. The number of rotatable bonds is 6. The van der Waals surface area contributed by atoms with Gasteiger partial charge in [-0.1, -0.05) is 0 Å². The van der Waals surface area contributed by atoms with Gasteiger partial charge in [-0.05, 0) is 36.8 Å². The van der Waals surface area contributed by atoms with Crippen LogP contribution in [0.15, 0.2) is 42.7 Å². The number of nitrogens with one attached hydrogen (secondary N) is 1. The van der Waals surface area contributed by atoms with Crippen molar-refractivity contribution in [1.29, 1.82) is 0 Å². The lowest BCUT2D eigenvalue weighted by Gasteiger charge is -2.08. The standard InChI is InChI=1S/C12H14ClN3O2S/c13-7-1-10-19(17,18)15-11-3-5-12(6-4-11)16-9-2-8-14-16/h2-6,8-9,15H,1,7,10H2. The fraction of sp³-hybridized carbons (Fsp3) is 0.250. The Hall–Kier alpha value is -1.53. The summed E-state index contributed by atoms with van der Waals surface area (Å²) in [5.41, 5.74) is 1.40. The number of hydrogen-bond donors (Lipinski definition) is 1. The van der Waals surface area contributed by atoms with E-state index in [2.05, 4.69) is 9.82 Å². The predicted octanol–water partition coefficient (Wildman–Crippen LogP) is 2.24. The highest BCUT2D eigenvalue weighted by molar-refractivity contribution is 7.92. The van der Waals surface area contributed by atoms with Crippen LogP contribution in [-0.4, -0.2) is 29.8 Å². The van der Waals surface area contributed by atoms with Gasteiger partial charge in [0.1, 0.15) is 0 Å². The van der Waals surface area contributed by atoms with Crippen LogP contribution in [0.1, 0.15) is 6.42 Å². The van der Waals surface area contributed by atoms with Crippen molar-refractivity contribution in [3.63, 3.8) is 0 Å². The lowest BCUT2D eigenvalue weighted by molar-refractivity contribution is 0.600. The average molecular weight is 300 g/mol. The van der Waals surface area contributed by atoms with Gasteiger partial charge in [-0.2, -0.15) is 5.10 Å². The Morgan fingerprint density at radius 2 is 2.00 bits per heavy atom. The van der Waals surface area contributed by atoms with Crippen molar-refractivity contribution in [2.75, 3.05) is 16.4 Å². The molecule has 1 heterocycles. The molecular formula is C12H14ClN3O2S. The first kappa shape index (κ1) is 13.9. The van der Waals surface area contributed by atoms with E-state index in [0.29, 0.717) is 18.0 Å². The number of aromatic nitrogens is 2. The van der Waals surface area contributed by atoms with Gasteiger partial charge in [0.25, 0.3) is 0 Å². The molecule has 0 atom stereocenters. The van der Waals surface area contributed by atoms with E-state index in [4.69, 9.17) is 11.6 Å². The zero-order chi connectivity index (χ0) is 13.7. The van der Waals surface area contributed by atoms with Gasteiger partial charge in [0.05, 0.1) is 11.4 Å². The zero-order valence-electron chi connectivity index (χ0n) is 10.2. The van der Waals surface area contributed by atoms with Crippen LogP contribution in [0.4, 0.5) is 5.69 Å². The topological polar surface area (TPSA) is 64.0 Å².